The smallest absolute Gasteiger partial charge is 0.305 e. The molecule has 0 amide bonds. The summed E-state index contributed by atoms with van der Waals surface area (Å²) in [7, 11) is 1.58. The van der Waals surface area contributed by atoms with E-state index in [1.807, 2.05) is 23.9 Å². The number of para-hydroxylation sites is 1. The fraction of sp³-hybridized carbons (Fsp3) is 0.500. The largest absolute Gasteiger partial charge is 0.504 e. The van der Waals surface area contributed by atoms with Crippen LogP contribution in [0.1, 0.15) is 35.6 Å². The number of aromatic nitrogens is 1. The molecular weight excluding hydrogens is 342 g/mol. The molecule has 1 aromatic carbocycles. The summed E-state index contributed by atoms with van der Waals surface area (Å²) in [5, 5.41) is 12.3. The van der Waals surface area contributed by atoms with Gasteiger partial charge in [-0.1, -0.05) is 23.5 Å². The summed E-state index contributed by atoms with van der Waals surface area (Å²) in [6, 6.07) is 5.72. The average Bonchev–Trinajstić information content (AvgIpc) is 3.26. The van der Waals surface area contributed by atoms with Crippen molar-refractivity contribution in [3.05, 3.63) is 38.3 Å². The van der Waals surface area contributed by atoms with Gasteiger partial charge in [-0.3, -0.25) is 4.79 Å². The van der Waals surface area contributed by atoms with Crippen LogP contribution in [0.2, 0.25) is 0 Å². The van der Waals surface area contributed by atoms with Crippen LogP contribution in [-0.4, -0.2) is 22.5 Å². The number of ether oxygens (including phenoxy) is 1. The number of methoxy groups -OCH3 is 1. The third-order valence-electron chi connectivity index (χ3n) is 6.05. The average molecular weight is 361 g/mol. The van der Waals surface area contributed by atoms with Gasteiger partial charge in [0.1, 0.15) is 0 Å². The van der Waals surface area contributed by atoms with Gasteiger partial charge in [-0.15, -0.1) is 11.8 Å². The minimum absolute atomic E-state index is 0.00667. The van der Waals surface area contributed by atoms with E-state index >= 15 is 0 Å². The lowest BCUT2D eigenvalue weighted by Gasteiger charge is -2.40. The summed E-state index contributed by atoms with van der Waals surface area (Å²) >= 11 is 3.18. The molecule has 5 rings (SSSR count). The molecule has 0 spiro atoms. The number of nitrogens with one attached hydrogen (secondary N) is 1. The van der Waals surface area contributed by atoms with Gasteiger partial charge in [0.2, 0.25) is 0 Å². The molecule has 2 heterocycles. The Morgan fingerprint density at radius 1 is 1.29 bits per heavy atom. The quantitative estimate of drug-likeness (QED) is 0.854. The highest BCUT2D eigenvalue weighted by Crippen LogP contribution is 2.64. The van der Waals surface area contributed by atoms with Crippen molar-refractivity contribution < 1.29 is 9.84 Å². The Morgan fingerprint density at radius 3 is 2.96 bits per heavy atom. The van der Waals surface area contributed by atoms with Crippen molar-refractivity contribution in [3.8, 4) is 11.5 Å². The Bertz CT molecular complexity index is 858. The zero-order valence-corrected chi connectivity index (χ0v) is 15.0. The molecule has 126 valence electrons. The summed E-state index contributed by atoms with van der Waals surface area (Å²) in [5.74, 6) is 2.79. The van der Waals surface area contributed by atoms with Gasteiger partial charge in [-0.25, -0.2) is 0 Å². The molecule has 2 fully saturated rings. The molecule has 2 aromatic rings. The second-order valence-electron chi connectivity index (χ2n) is 7.08. The van der Waals surface area contributed by atoms with Crippen LogP contribution < -0.4 is 9.61 Å². The number of benzene rings is 1. The Balaban J connectivity index is 1.71. The monoisotopic (exact) mass is 361 g/mol. The number of thioether (sulfide) groups is 1. The van der Waals surface area contributed by atoms with Crippen molar-refractivity contribution in [2.45, 2.75) is 35.5 Å². The highest BCUT2D eigenvalue weighted by atomic mass is 32.2. The molecule has 4 nitrogen and oxygen atoms in total. The topological polar surface area (TPSA) is 62.3 Å². The van der Waals surface area contributed by atoms with E-state index < -0.39 is 0 Å². The van der Waals surface area contributed by atoms with Crippen LogP contribution in [0.15, 0.2) is 28.0 Å². The van der Waals surface area contributed by atoms with Crippen LogP contribution in [0.3, 0.4) is 0 Å². The standard InChI is InChI=1S/C18H19NO3S2/c1-22-11-4-2-3-10(14(11)20)13-12-8-5-6-9(7-8)15(12)23-17-16(13)24-18(21)19-17/h2-4,8-9,12-13,15,20H,5-7H2,1H3,(H,19,21)/t8-,9+,12+,13-,15-/m0/s1. The predicted molar refractivity (Wildman–Crippen MR) is 95.4 cm³/mol. The van der Waals surface area contributed by atoms with Gasteiger partial charge in [0.25, 0.3) is 0 Å². The number of hydrogen-bond acceptors (Lipinski definition) is 5. The fourth-order valence-electron chi connectivity index (χ4n) is 5.15. The number of thiazole rings is 1. The van der Waals surface area contributed by atoms with Crippen LogP contribution in [0.5, 0.6) is 11.5 Å². The Morgan fingerprint density at radius 2 is 2.12 bits per heavy atom. The minimum atomic E-state index is 0.00667. The van der Waals surface area contributed by atoms with E-state index in [9.17, 15) is 9.90 Å². The SMILES string of the molecule is COc1cccc([C@@H]2c3sc(=O)[nH]c3S[C@H]3[C@@H]4CC[C@@H](C4)[C@H]23)c1O. The predicted octanol–water partition coefficient (Wildman–Crippen LogP) is 3.80. The summed E-state index contributed by atoms with van der Waals surface area (Å²) in [6.07, 6.45) is 3.88. The molecule has 2 bridgehead atoms. The maximum absolute atomic E-state index is 12.0. The third-order valence-corrected chi connectivity index (χ3v) is 8.67. The van der Waals surface area contributed by atoms with Gasteiger partial charge < -0.3 is 14.8 Å². The molecule has 6 heteroatoms. The lowest BCUT2D eigenvalue weighted by atomic mass is 9.74. The molecule has 1 aliphatic heterocycles. The third kappa shape index (κ3) is 1.96. The van der Waals surface area contributed by atoms with E-state index in [-0.39, 0.29) is 16.5 Å². The van der Waals surface area contributed by atoms with E-state index in [1.54, 1.807) is 13.2 Å². The number of aromatic hydroxyl groups is 1. The second kappa shape index (κ2) is 5.30. The highest BCUT2D eigenvalue weighted by Gasteiger charge is 2.55. The van der Waals surface area contributed by atoms with E-state index in [4.69, 9.17) is 4.74 Å². The van der Waals surface area contributed by atoms with Crippen LogP contribution in [-0.2, 0) is 0 Å². The number of phenols is 1. The van der Waals surface area contributed by atoms with Gasteiger partial charge in [-0.2, -0.15) is 0 Å². The molecule has 0 radical (unpaired) electrons. The van der Waals surface area contributed by atoms with Gasteiger partial charge in [-0.05, 0) is 43.1 Å². The first-order chi connectivity index (χ1) is 11.7. The van der Waals surface area contributed by atoms with Crippen LogP contribution in [0, 0.1) is 17.8 Å². The molecule has 0 saturated heterocycles. The van der Waals surface area contributed by atoms with Gasteiger partial charge in [0.05, 0.1) is 12.1 Å². The first kappa shape index (κ1) is 14.9. The van der Waals surface area contributed by atoms with Crippen molar-refractivity contribution in [3.63, 3.8) is 0 Å². The molecule has 2 saturated carbocycles. The Labute approximate surface area is 148 Å². The number of H-pyrrole nitrogens is 1. The molecule has 0 unspecified atom stereocenters. The molecular formula is C18H19NO3S2. The molecule has 5 atom stereocenters. The number of rotatable bonds is 2. The molecule has 2 N–H and O–H groups in total. The van der Waals surface area contributed by atoms with Gasteiger partial charge in [0.15, 0.2) is 11.5 Å². The zero-order valence-electron chi connectivity index (χ0n) is 13.3. The minimum Gasteiger partial charge on any atom is -0.504 e. The van der Waals surface area contributed by atoms with E-state index in [0.29, 0.717) is 22.8 Å². The van der Waals surface area contributed by atoms with Crippen LogP contribution >= 0.6 is 23.1 Å². The zero-order chi connectivity index (χ0) is 16.4. The van der Waals surface area contributed by atoms with Gasteiger partial charge in [0, 0.05) is 21.6 Å². The summed E-state index contributed by atoms with van der Waals surface area (Å²) in [6.45, 7) is 0. The van der Waals surface area contributed by atoms with Crippen LogP contribution in [0.4, 0.5) is 0 Å². The molecule has 3 aliphatic rings. The summed E-state index contributed by atoms with van der Waals surface area (Å²) in [4.78, 5) is 16.1. The van der Waals surface area contributed by atoms with E-state index in [0.717, 1.165) is 21.4 Å². The molecule has 1 aromatic heterocycles. The van der Waals surface area contributed by atoms with Crippen molar-refractivity contribution in [2.24, 2.45) is 17.8 Å². The maximum atomic E-state index is 12.0. The molecule has 24 heavy (non-hydrogen) atoms. The van der Waals surface area contributed by atoms with E-state index in [1.165, 1.54) is 30.6 Å². The van der Waals surface area contributed by atoms with Crippen molar-refractivity contribution in [1.29, 1.82) is 0 Å². The van der Waals surface area contributed by atoms with Crippen molar-refractivity contribution >= 4 is 23.1 Å². The number of hydrogen-bond donors (Lipinski definition) is 2. The van der Waals surface area contributed by atoms with Crippen LogP contribution in [0.25, 0.3) is 0 Å². The summed E-state index contributed by atoms with van der Waals surface area (Å²) < 4.78 is 5.32. The Hall–Kier alpha value is -1.40. The normalized spacial score (nSPS) is 33.3. The number of aromatic amines is 1. The fourth-order valence-corrected chi connectivity index (χ4v) is 8.04. The lowest BCUT2D eigenvalue weighted by molar-refractivity contribution is 0.300. The summed E-state index contributed by atoms with van der Waals surface area (Å²) in [5.41, 5.74) is 0.911. The lowest BCUT2D eigenvalue weighted by Crippen LogP contribution is -2.33. The van der Waals surface area contributed by atoms with Gasteiger partial charge >= 0.3 is 4.87 Å². The number of phenolic OH excluding ortho intramolecular Hbond substituents is 1. The highest BCUT2D eigenvalue weighted by molar-refractivity contribution is 8.00. The first-order valence-electron chi connectivity index (χ1n) is 8.43. The molecule has 2 aliphatic carbocycles. The first-order valence-corrected chi connectivity index (χ1v) is 10.1. The Kier molecular flexibility index (Phi) is 3.29. The van der Waals surface area contributed by atoms with Crippen molar-refractivity contribution in [2.75, 3.05) is 7.11 Å². The second-order valence-corrected chi connectivity index (χ2v) is 9.28. The number of fused-ring (bicyclic) bond motifs is 6. The van der Waals surface area contributed by atoms with Crippen molar-refractivity contribution in [1.82, 2.24) is 4.98 Å². The maximum Gasteiger partial charge on any atom is 0.305 e. The van der Waals surface area contributed by atoms with E-state index in [2.05, 4.69) is 4.98 Å².